The maximum atomic E-state index is 4.69. The number of rotatable bonds is 7. The van der Waals surface area contributed by atoms with Gasteiger partial charge in [0.2, 0.25) is 0 Å². The minimum Gasteiger partial charge on any atom is -0.370 e. The lowest BCUT2D eigenvalue weighted by Gasteiger charge is -2.49. The monoisotopic (exact) mass is 291 g/mol. The summed E-state index contributed by atoms with van der Waals surface area (Å²) in [5.41, 5.74) is 0.310. The minimum absolute atomic E-state index is 0.310. The van der Waals surface area contributed by atoms with Crippen LogP contribution in [0.15, 0.2) is 6.07 Å². The number of aryl methyl sites for hydroxylation is 1. The average Bonchev–Trinajstić information content (AvgIpc) is 2.42. The molecule has 0 amide bonds. The Balaban J connectivity index is 2.17. The van der Waals surface area contributed by atoms with E-state index in [-0.39, 0.29) is 0 Å². The highest BCUT2D eigenvalue weighted by Gasteiger charge is 2.40. The predicted molar refractivity (Wildman–Crippen MR) is 89.1 cm³/mol. The number of nitrogens with one attached hydrogen (secondary N) is 1. The van der Waals surface area contributed by atoms with Crippen LogP contribution in [0.2, 0.25) is 0 Å². The van der Waals surface area contributed by atoms with E-state index in [1.807, 2.05) is 0 Å². The summed E-state index contributed by atoms with van der Waals surface area (Å²) in [6.45, 7) is 6.09. The van der Waals surface area contributed by atoms with E-state index in [0.717, 1.165) is 37.0 Å². The fourth-order valence-electron chi connectivity index (χ4n) is 2.96. The van der Waals surface area contributed by atoms with Crippen molar-refractivity contribution in [2.75, 3.05) is 44.4 Å². The lowest BCUT2D eigenvalue weighted by molar-refractivity contribution is 0.0681. The molecule has 0 atom stereocenters. The first-order valence-electron chi connectivity index (χ1n) is 8.01. The third-order valence-electron chi connectivity index (χ3n) is 4.59. The zero-order chi connectivity index (χ0) is 15.5. The van der Waals surface area contributed by atoms with Crippen LogP contribution in [0.1, 0.15) is 38.9 Å². The quantitative estimate of drug-likeness (QED) is 0.835. The first-order chi connectivity index (χ1) is 10.0. The molecule has 0 radical (unpaired) electrons. The lowest BCUT2D eigenvalue weighted by Crippen LogP contribution is -2.56. The van der Waals surface area contributed by atoms with E-state index in [0.29, 0.717) is 5.54 Å². The van der Waals surface area contributed by atoms with Gasteiger partial charge in [0.15, 0.2) is 0 Å². The maximum absolute atomic E-state index is 4.69. The van der Waals surface area contributed by atoms with Crippen LogP contribution in [0.5, 0.6) is 0 Å². The Labute approximate surface area is 128 Å². The molecule has 0 unspecified atom stereocenters. The molecule has 1 N–H and O–H groups in total. The zero-order valence-corrected chi connectivity index (χ0v) is 14.1. The Morgan fingerprint density at radius 3 is 2.38 bits per heavy atom. The van der Waals surface area contributed by atoms with Crippen molar-refractivity contribution < 1.29 is 0 Å². The van der Waals surface area contributed by atoms with Gasteiger partial charge in [-0.2, -0.15) is 0 Å². The molecule has 5 nitrogen and oxygen atoms in total. The smallest absolute Gasteiger partial charge is 0.134 e. The van der Waals surface area contributed by atoms with Gasteiger partial charge in [-0.1, -0.05) is 6.92 Å². The summed E-state index contributed by atoms with van der Waals surface area (Å²) >= 11 is 0. The van der Waals surface area contributed by atoms with Gasteiger partial charge in [0.25, 0.3) is 0 Å². The number of likely N-dealkylation sites (N-methyl/N-ethyl adjacent to an activating group) is 2. The summed E-state index contributed by atoms with van der Waals surface area (Å²) in [4.78, 5) is 13.9. The molecule has 1 heterocycles. The number of anilines is 2. The second kappa shape index (κ2) is 6.60. The second-order valence-electron chi connectivity index (χ2n) is 6.24. The number of hydrogen-bond acceptors (Lipinski definition) is 5. The van der Waals surface area contributed by atoms with Gasteiger partial charge in [-0.3, -0.25) is 0 Å². The second-order valence-corrected chi connectivity index (χ2v) is 6.24. The lowest BCUT2D eigenvalue weighted by atomic mass is 9.75. The third-order valence-corrected chi connectivity index (χ3v) is 4.59. The van der Waals surface area contributed by atoms with Crippen LogP contribution in [-0.4, -0.2) is 54.6 Å². The normalized spacial score (nSPS) is 16.7. The molecule has 0 spiro atoms. The van der Waals surface area contributed by atoms with Crippen molar-refractivity contribution in [3.05, 3.63) is 11.9 Å². The van der Waals surface area contributed by atoms with Gasteiger partial charge in [0, 0.05) is 38.2 Å². The fourth-order valence-corrected chi connectivity index (χ4v) is 2.96. The van der Waals surface area contributed by atoms with Crippen LogP contribution in [-0.2, 0) is 6.42 Å². The van der Waals surface area contributed by atoms with E-state index in [1.165, 1.54) is 19.3 Å². The van der Waals surface area contributed by atoms with E-state index in [1.54, 1.807) is 0 Å². The number of nitrogens with zero attached hydrogens (tertiary/aromatic N) is 4. The average molecular weight is 291 g/mol. The highest BCUT2D eigenvalue weighted by molar-refractivity contribution is 5.49. The molecule has 1 fully saturated rings. The van der Waals surface area contributed by atoms with E-state index in [4.69, 9.17) is 4.98 Å². The molecule has 2 rings (SSSR count). The Hall–Kier alpha value is -1.36. The van der Waals surface area contributed by atoms with Crippen LogP contribution in [0.4, 0.5) is 11.6 Å². The number of hydrogen-bond donors (Lipinski definition) is 1. The Morgan fingerprint density at radius 1 is 1.19 bits per heavy atom. The van der Waals surface area contributed by atoms with Crippen molar-refractivity contribution in [2.24, 2.45) is 0 Å². The Bertz CT molecular complexity index is 468. The van der Waals surface area contributed by atoms with Crippen molar-refractivity contribution >= 4 is 11.6 Å². The fraction of sp³-hybridized carbons (Fsp3) is 0.750. The predicted octanol–water partition coefficient (Wildman–Crippen LogP) is 2.39. The first kappa shape index (κ1) is 16.0. The van der Waals surface area contributed by atoms with Crippen molar-refractivity contribution in [3.8, 4) is 0 Å². The van der Waals surface area contributed by atoms with E-state index < -0.39 is 0 Å². The summed E-state index contributed by atoms with van der Waals surface area (Å²) in [6, 6.07) is 2.06. The largest absolute Gasteiger partial charge is 0.370 e. The Kier molecular flexibility index (Phi) is 5.04. The van der Waals surface area contributed by atoms with E-state index in [9.17, 15) is 0 Å². The SMILES string of the molecule is CCNc1cc(N(C)CC2(N(C)C)CCC2)nc(CC)n1. The molecule has 0 aromatic carbocycles. The van der Waals surface area contributed by atoms with Gasteiger partial charge in [0.05, 0.1) is 0 Å². The molecule has 118 valence electrons. The summed E-state index contributed by atoms with van der Waals surface area (Å²) in [5.74, 6) is 2.85. The molecule has 0 saturated heterocycles. The molecule has 1 aliphatic carbocycles. The van der Waals surface area contributed by atoms with Crippen LogP contribution in [0.25, 0.3) is 0 Å². The van der Waals surface area contributed by atoms with Gasteiger partial charge >= 0.3 is 0 Å². The highest BCUT2D eigenvalue weighted by atomic mass is 15.3. The molecule has 5 heteroatoms. The van der Waals surface area contributed by atoms with Crippen LogP contribution >= 0.6 is 0 Å². The molecule has 0 bridgehead atoms. The van der Waals surface area contributed by atoms with Gasteiger partial charge in [-0.05, 0) is 40.3 Å². The molecule has 1 aromatic heterocycles. The minimum atomic E-state index is 0.310. The van der Waals surface area contributed by atoms with Gasteiger partial charge in [0.1, 0.15) is 17.5 Å². The standard InChI is InChI=1S/C16H29N5/c1-6-13-18-14(17-7-2)11-15(19-13)21(5)12-16(20(3)4)9-8-10-16/h11H,6-10,12H2,1-5H3,(H,17,18,19). The summed E-state index contributed by atoms with van der Waals surface area (Å²) in [7, 11) is 6.52. The number of aromatic nitrogens is 2. The van der Waals surface area contributed by atoms with Crippen LogP contribution in [0.3, 0.4) is 0 Å². The van der Waals surface area contributed by atoms with Crippen molar-refractivity contribution in [3.63, 3.8) is 0 Å². The van der Waals surface area contributed by atoms with Gasteiger partial charge < -0.3 is 15.1 Å². The summed E-state index contributed by atoms with van der Waals surface area (Å²) in [5, 5.41) is 3.30. The van der Waals surface area contributed by atoms with E-state index >= 15 is 0 Å². The molecular formula is C16H29N5. The highest BCUT2D eigenvalue weighted by Crippen LogP contribution is 2.37. The zero-order valence-electron chi connectivity index (χ0n) is 14.1. The summed E-state index contributed by atoms with van der Waals surface area (Å²) in [6.07, 6.45) is 4.74. The molecule has 1 saturated carbocycles. The molecule has 1 aliphatic rings. The van der Waals surface area contributed by atoms with E-state index in [2.05, 4.69) is 61.2 Å². The molecule has 0 aliphatic heterocycles. The van der Waals surface area contributed by atoms with Gasteiger partial charge in [-0.15, -0.1) is 0 Å². The van der Waals surface area contributed by atoms with Crippen LogP contribution in [0, 0.1) is 0 Å². The van der Waals surface area contributed by atoms with Crippen molar-refractivity contribution in [2.45, 2.75) is 45.1 Å². The summed E-state index contributed by atoms with van der Waals surface area (Å²) < 4.78 is 0. The maximum Gasteiger partial charge on any atom is 0.134 e. The molecular weight excluding hydrogens is 262 g/mol. The van der Waals surface area contributed by atoms with Crippen molar-refractivity contribution in [1.82, 2.24) is 14.9 Å². The molecule has 21 heavy (non-hydrogen) atoms. The third kappa shape index (κ3) is 3.46. The van der Waals surface area contributed by atoms with Gasteiger partial charge in [-0.25, -0.2) is 9.97 Å². The Morgan fingerprint density at radius 2 is 1.90 bits per heavy atom. The first-order valence-corrected chi connectivity index (χ1v) is 8.01. The molecule has 1 aromatic rings. The van der Waals surface area contributed by atoms with Crippen LogP contribution < -0.4 is 10.2 Å². The topological polar surface area (TPSA) is 44.3 Å². The van der Waals surface area contributed by atoms with Crippen molar-refractivity contribution in [1.29, 1.82) is 0 Å².